The lowest BCUT2D eigenvalue weighted by Crippen LogP contribution is -2.39. The molecule has 1 unspecified atom stereocenters. The molecular formula is C16H29N5O2. The van der Waals surface area contributed by atoms with E-state index in [-0.39, 0.29) is 0 Å². The van der Waals surface area contributed by atoms with E-state index in [1.807, 2.05) is 16.9 Å². The van der Waals surface area contributed by atoms with Crippen molar-refractivity contribution < 1.29 is 9.47 Å². The molecule has 1 aliphatic heterocycles. The van der Waals surface area contributed by atoms with E-state index in [9.17, 15) is 0 Å². The number of nitrogens with zero attached hydrogens (tertiary/aromatic N) is 3. The molecule has 1 fully saturated rings. The minimum Gasteiger partial charge on any atom is -0.381 e. The van der Waals surface area contributed by atoms with Gasteiger partial charge in [-0.15, -0.1) is 0 Å². The van der Waals surface area contributed by atoms with E-state index >= 15 is 0 Å². The Hall–Kier alpha value is -1.60. The fourth-order valence-electron chi connectivity index (χ4n) is 2.39. The first-order valence-electron chi connectivity index (χ1n) is 8.53. The Labute approximate surface area is 138 Å². The Bertz CT molecular complexity index is 430. The number of aliphatic imine (C=N–C) groups is 1. The van der Waals surface area contributed by atoms with Crippen molar-refractivity contribution >= 4 is 5.96 Å². The van der Waals surface area contributed by atoms with Crippen LogP contribution < -0.4 is 10.6 Å². The summed E-state index contributed by atoms with van der Waals surface area (Å²) in [6.07, 6.45) is 5.81. The molecule has 23 heavy (non-hydrogen) atoms. The lowest BCUT2D eigenvalue weighted by molar-refractivity contribution is 0.0893. The van der Waals surface area contributed by atoms with E-state index < -0.39 is 0 Å². The fraction of sp³-hybridized carbons (Fsp3) is 0.750. The molecule has 7 nitrogen and oxygen atoms in total. The molecule has 7 heteroatoms. The summed E-state index contributed by atoms with van der Waals surface area (Å²) in [4.78, 5) is 4.56. The number of nitrogens with one attached hydrogen (secondary N) is 2. The molecule has 0 radical (unpaired) electrons. The summed E-state index contributed by atoms with van der Waals surface area (Å²) in [5, 5.41) is 10.7. The second-order valence-corrected chi connectivity index (χ2v) is 5.61. The molecule has 1 aromatic heterocycles. The Morgan fingerprint density at radius 2 is 2.43 bits per heavy atom. The monoisotopic (exact) mass is 323 g/mol. The van der Waals surface area contributed by atoms with Crippen molar-refractivity contribution in [1.82, 2.24) is 20.4 Å². The summed E-state index contributed by atoms with van der Waals surface area (Å²) in [6.45, 7) is 8.60. The van der Waals surface area contributed by atoms with Crippen LogP contribution in [0.5, 0.6) is 0 Å². The molecule has 0 aromatic carbocycles. The Balaban J connectivity index is 1.54. The van der Waals surface area contributed by atoms with Gasteiger partial charge in [0.1, 0.15) is 0 Å². The van der Waals surface area contributed by atoms with Crippen LogP contribution in [-0.4, -0.2) is 61.8 Å². The number of ether oxygens (including phenoxy) is 2. The number of rotatable bonds is 10. The molecule has 0 bridgehead atoms. The molecule has 130 valence electrons. The van der Waals surface area contributed by atoms with Crippen LogP contribution in [0, 0.1) is 5.92 Å². The van der Waals surface area contributed by atoms with Crippen molar-refractivity contribution in [2.24, 2.45) is 10.9 Å². The first-order valence-corrected chi connectivity index (χ1v) is 8.53. The second-order valence-electron chi connectivity index (χ2n) is 5.61. The molecule has 1 aliphatic rings. The van der Waals surface area contributed by atoms with Gasteiger partial charge in [0.05, 0.1) is 19.8 Å². The molecule has 1 saturated heterocycles. The molecule has 0 aliphatic carbocycles. The number of hydrogen-bond donors (Lipinski definition) is 2. The molecule has 2 heterocycles. The SMILES string of the molecule is CCNC(=NCCCOCC1CCOC1)NCCn1cccn1. The van der Waals surface area contributed by atoms with Crippen molar-refractivity contribution in [2.45, 2.75) is 26.3 Å². The van der Waals surface area contributed by atoms with E-state index in [4.69, 9.17) is 9.47 Å². The third kappa shape index (κ3) is 7.47. The first kappa shape index (κ1) is 17.7. The van der Waals surface area contributed by atoms with Crippen LogP contribution in [0.3, 0.4) is 0 Å². The molecule has 0 amide bonds. The summed E-state index contributed by atoms with van der Waals surface area (Å²) in [5.74, 6) is 1.43. The highest BCUT2D eigenvalue weighted by Crippen LogP contribution is 2.12. The highest BCUT2D eigenvalue weighted by molar-refractivity contribution is 5.79. The van der Waals surface area contributed by atoms with Crippen LogP contribution in [-0.2, 0) is 16.0 Å². The summed E-state index contributed by atoms with van der Waals surface area (Å²) < 4.78 is 12.9. The van der Waals surface area contributed by atoms with Crippen molar-refractivity contribution in [2.75, 3.05) is 46.1 Å². The van der Waals surface area contributed by atoms with Gasteiger partial charge in [-0.2, -0.15) is 5.10 Å². The van der Waals surface area contributed by atoms with Crippen LogP contribution in [0.25, 0.3) is 0 Å². The summed E-state index contributed by atoms with van der Waals surface area (Å²) in [6, 6.07) is 1.93. The van der Waals surface area contributed by atoms with E-state index in [0.717, 1.165) is 71.4 Å². The van der Waals surface area contributed by atoms with Crippen molar-refractivity contribution in [3.8, 4) is 0 Å². The van der Waals surface area contributed by atoms with E-state index in [1.165, 1.54) is 0 Å². The zero-order valence-corrected chi connectivity index (χ0v) is 14.0. The van der Waals surface area contributed by atoms with Gasteiger partial charge in [-0.25, -0.2) is 0 Å². The predicted octanol–water partition coefficient (Wildman–Crippen LogP) is 0.881. The van der Waals surface area contributed by atoms with Gasteiger partial charge in [-0.1, -0.05) is 0 Å². The average molecular weight is 323 g/mol. The van der Waals surface area contributed by atoms with Gasteiger partial charge >= 0.3 is 0 Å². The van der Waals surface area contributed by atoms with Crippen molar-refractivity contribution in [1.29, 1.82) is 0 Å². The summed E-state index contributed by atoms with van der Waals surface area (Å²) in [7, 11) is 0. The number of hydrogen-bond acceptors (Lipinski definition) is 4. The topological polar surface area (TPSA) is 72.7 Å². The van der Waals surface area contributed by atoms with Crippen LogP contribution in [0.2, 0.25) is 0 Å². The highest BCUT2D eigenvalue weighted by atomic mass is 16.5. The quantitative estimate of drug-likeness (QED) is 0.380. The van der Waals surface area contributed by atoms with Gasteiger partial charge in [0.25, 0.3) is 0 Å². The molecule has 0 spiro atoms. The Kier molecular flexibility index (Phi) is 8.50. The van der Waals surface area contributed by atoms with Crippen LogP contribution in [0.1, 0.15) is 19.8 Å². The van der Waals surface area contributed by atoms with E-state index in [2.05, 4.69) is 27.6 Å². The van der Waals surface area contributed by atoms with Crippen LogP contribution >= 0.6 is 0 Å². The van der Waals surface area contributed by atoms with E-state index in [1.54, 1.807) is 6.20 Å². The maximum atomic E-state index is 5.69. The van der Waals surface area contributed by atoms with Gasteiger partial charge in [0.2, 0.25) is 0 Å². The zero-order valence-electron chi connectivity index (χ0n) is 14.0. The summed E-state index contributed by atoms with van der Waals surface area (Å²) in [5.41, 5.74) is 0. The zero-order chi connectivity index (χ0) is 16.2. The molecule has 2 rings (SSSR count). The predicted molar refractivity (Wildman–Crippen MR) is 90.6 cm³/mol. The van der Waals surface area contributed by atoms with Crippen LogP contribution in [0.15, 0.2) is 23.5 Å². The van der Waals surface area contributed by atoms with Gasteiger partial charge < -0.3 is 20.1 Å². The molecular weight excluding hydrogens is 294 g/mol. The maximum absolute atomic E-state index is 5.69. The van der Waals surface area contributed by atoms with Gasteiger partial charge in [-0.3, -0.25) is 9.67 Å². The first-order chi connectivity index (χ1) is 11.4. The third-order valence-electron chi connectivity index (χ3n) is 3.63. The molecule has 0 saturated carbocycles. The minimum atomic E-state index is 0.583. The maximum Gasteiger partial charge on any atom is 0.191 e. The lowest BCUT2D eigenvalue weighted by Gasteiger charge is -2.11. The standard InChI is InChI=1S/C16H29N5O2/c1-2-17-16(19-8-10-21-9-3-7-20-21)18-6-4-11-22-13-15-5-12-23-14-15/h3,7,9,15H,2,4-6,8,10-14H2,1H3,(H2,17,18,19). The smallest absolute Gasteiger partial charge is 0.191 e. The Morgan fingerprint density at radius 3 is 3.17 bits per heavy atom. The number of guanidine groups is 1. The third-order valence-corrected chi connectivity index (χ3v) is 3.63. The van der Waals surface area contributed by atoms with Crippen LogP contribution in [0.4, 0.5) is 0 Å². The van der Waals surface area contributed by atoms with E-state index in [0.29, 0.717) is 5.92 Å². The lowest BCUT2D eigenvalue weighted by atomic mass is 10.1. The minimum absolute atomic E-state index is 0.583. The van der Waals surface area contributed by atoms with Gasteiger partial charge in [0.15, 0.2) is 5.96 Å². The fourth-order valence-corrected chi connectivity index (χ4v) is 2.39. The van der Waals surface area contributed by atoms with Gasteiger partial charge in [0, 0.05) is 51.2 Å². The largest absolute Gasteiger partial charge is 0.381 e. The molecule has 2 N–H and O–H groups in total. The van der Waals surface area contributed by atoms with Crippen molar-refractivity contribution in [3.63, 3.8) is 0 Å². The molecule has 1 aromatic rings. The summed E-state index contributed by atoms with van der Waals surface area (Å²) >= 11 is 0. The highest BCUT2D eigenvalue weighted by Gasteiger charge is 2.15. The second kappa shape index (κ2) is 11.0. The molecule has 1 atom stereocenters. The normalized spacial score (nSPS) is 18.3. The van der Waals surface area contributed by atoms with Gasteiger partial charge in [-0.05, 0) is 25.8 Å². The number of aromatic nitrogens is 2. The average Bonchev–Trinajstić information content (AvgIpc) is 3.24. The Morgan fingerprint density at radius 1 is 1.48 bits per heavy atom. The van der Waals surface area contributed by atoms with Crippen molar-refractivity contribution in [3.05, 3.63) is 18.5 Å².